The van der Waals surface area contributed by atoms with Crippen molar-refractivity contribution in [1.82, 2.24) is 9.46 Å². The van der Waals surface area contributed by atoms with Gasteiger partial charge >= 0.3 is 0 Å². The van der Waals surface area contributed by atoms with Gasteiger partial charge in [0, 0.05) is 18.8 Å². The van der Waals surface area contributed by atoms with Crippen LogP contribution in [0.15, 0.2) is 51.9 Å². The molecule has 1 aliphatic heterocycles. The smallest absolute Gasteiger partial charge is 0.248 e. The van der Waals surface area contributed by atoms with Gasteiger partial charge in [-0.2, -0.15) is 4.31 Å². The van der Waals surface area contributed by atoms with Gasteiger partial charge in [-0.25, -0.2) is 8.42 Å². The predicted octanol–water partition coefficient (Wildman–Crippen LogP) is 4.82. The van der Waals surface area contributed by atoms with Crippen LogP contribution in [-0.4, -0.2) is 44.0 Å². The topological polar surface area (TPSA) is 102 Å². The Morgan fingerprint density at radius 1 is 1.14 bits per heavy atom. The summed E-state index contributed by atoms with van der Waals surface area (Å²) in [6, 6.07) is 13.1. The van der Waals surface area contributed by atoms with Crippen molar-refractivity contribution in [2.75, 3.05) is 25.5 Å². The zero-order chi connectivity index (χ0) is 25.9. The largest absolute Gasteiger partial charge is 0.497 e. The van der Waals surface area contributed by atoms with Gasteiger partial charge in [-0.1, -0.05) is 35.0 Å². The van der Waals surface area contributed by atoms with Gasteiger partial charge in [0.05, 0.1) is 13.0 Å². The van der Waals surface area contributed by atoms with E-state index in [1.807, 2.05) is 38.1 Å². The molecule has 1 N–H and O–H groups in total. The molecule has 0 saturated carbocycles. The van der Waals surface area contributed by atoms with E-state index in [-0.39, 0.29) is 23.1 Å². The summed E-state index contributed by atoms with van der Waals surface area (Å²) in [5.74, 6) is 0.189. The third-order valence-electron chi connectivity index (χ3n) is 6.39. The Morgan fingerprint density at radius 3 is 2.61 bits per heavy atom. The monoisotopic (exact) mass is 509 g/mol. The number of rotatable bonds is 7. The first-order valence-corrected chi connectivity index (χ1v) is 13.3. The molecular formula is C27H31N3O5S. The Bertz CT molecular complexity index is 1380. The highest BCUT2D eigenvalue weighted by Crippen LogP contribution is 2.30. The van der Waals surface area contributed by atoms with Gasteiger partial charge in [0.25, 0.3) is 0 Å². The number of methoxy groups -OCH3 is 1. The van der Waals surface area contributed by atoms with Gasteiger partial charge in [-0.15, -0.1) is 0 Å². The summed E-state index contributed by atoms with van der Waals surface area (Å²) in [5.41, 5.74) is 4.07. The molecule has 1 aromatic heterocycles. The average Bonchev–Trinajstić information content (AvgIpc) is 3.26. The summed E-state index contributed by atoms with van der Waals surface area (Å²) in [5, 5.41) is 6.82. The molecular weight excluding hydrogens is 478 g/mol. The van der Waals surface area contributed by atoms with Crippen LogP contribution in [0.4, 0.5) is 5.69 Å². The third-order valence-corrected chi connectivity index (χ3v) is 8.42. The Morgan fingerprint density at radius 2 is 1.89 bits per heavy atom. The molecule has 0 unspecified atom stereocenters. The fraction of sp³-hybridized carbons (Fsp3) is 0.333. The molecule has 8 nitrogen and oxygen atoms in total. The first-order valence-electron chi connectivity index (χ1n) is 11.9. The number of hydrogen-bond donors (Lipinski definition) is 1. The van der Waals surface area contributed by atoms with Crippen molar-refractivity contribution in [1.29, 1.82) is 0 Å². The van der Waals surface area contributed by atoms with Gasteiger partial charge in [-0.3, -0.25) is 4.79 Å². The number of sulfonamides is 1. The Labute approximate surface area is 212 Å². The Kier molecular flexibility index (Phi) is 7.61. The molecule has 1 amide bonds. The molecule has 1 fully saturated rings. The Balaban J connectivity index is 1.53. The highest BCUT2D eigenvalue weighted by atomic mass is 32.2. The summed E-state index contributed by atoms with van der Waals surface area (Å²) in [7, 11) is -2.35. The molecule has 1 atom stereocenters. The van der Waals surface area contributed by atoms with E-state index < -0.39 is 15.9 Å². The number of carbonyl (C=O) groups is 1. The zero-order valence-corrected chi connectivity index (χ0v) is 21.8. The first-order chi connectivity index (χ1) is 17.2. The number of piperidine rings is 1. The molecule has 1 aliphatic rings. The molecule has 2 aromatic carbocycles. The molecule has 0 radical (unpaired) electrons. The highest BCUT2D eigenvalue weighted by molar-refractivity contribution is 7.89. The summed E-state index contributed by atoms with van der Waals surface area (Å²) in [4.78, 5) is 13.0. The molecule has 36 heavy (non-hydrogen) atoms. The molecule has 9 heteroatoms. The standard InChI is InChI=1S/C27H31N3O5S/c1-18-7-8-19(2)21(16-18)9-14-25-26(20(3)29-35-25)36(32,33)30-15-5-6-22(17-30)27(31)28-23-10-12-24(34-4)13-11-23/h7-14,16,22H,5-6,15,17H2,1-4H3,(H,28,31)/b14-9+/t22-/m0/s1. The minimum Gasteiger partial charge on any atom is -0.497 e. The molecule has 190 valence electrons. The van der Waals surface area contributed by atoms with E-state index in [4.69, 9.17) is 9.26 Å². The second-order valence-corrected chi connectivity index (χ2v) is 10.9. The fourth-order valence-corrected chi connectivity index (χ4v) is 6.10. The van der Waals surface area contributed by atoms with Crippen LogP contribution in [0.3, 0.4) is 0 Å². The molecule has 0 aliphatic carbocycles. The summed E-state index contributed by atoms with van der Waals surface area (Å²) < 4.78 is 39.2. The van der Waals surface area contributed by atoms with E-state index in [2.05, 4.69) is 10.5 Å². The van der Waals surface area contributed by atoms with Crippen molar-refractivity contribution in [2.24, 2.45) is 5.92 Å². The van der Waals surface area contributed by atoms with Crippen LogP contribution in [0, 0.1) is 26.7 Å². The van der Waals surface area contributed by atoms with Crippen LogP contribution in [0.25, 0.3) is 12.2 Å². The minimum atomic E-state index is -3.92. The van der Waals surface area contributed by atoms with Crippen molar-refractivity contribution in [3.8, 4) is 5.75 Å². The van der Waals surface area contributed by atoms with Crippen molar-refractivity contribution in [3.05, 3.63) is 70.6 Å². The normalized spacial score (nSPS) is 16.8. The van der Waals surface area contributed by atoms with Crippen molar-refractivity contribution in [3.63, 3.8) is 0 Å². The molecule has 2 heterocycles. The number of anilines is 1. The molecule has 0 bridgehead atoms. The number of hydrogen-bond acceptors (Lipinski definition) is 6. The lowest BCUT2D eigenvalue weighted by Crippen LogP contribution is -2.43. The highest BCUT2D eigenvalue weighted by Gasteiger charge is 2.37. The SMILES string of the molecule is COc1ccc(NC(=O)[C@H]2CCCN(S(=O)(=O)c3c(C)noc3/C=C/c3cc(C)ccc3C)C2)cc1. The van der Waals surface area contributed by atoms with Crippen LogP contribution in [0.1, 0.15) is 41.0 Å². The van der Waals surface area contributed by atoms with Crippen LogP contribution >= 0.6 is 0 Å². The maximum absolute atomic E-state index is 13.7. The third kappa shape index (κ3) is 5.52. The second-order valence-electron chi connectivity index (χ2n) is 9.07. The predicted molar refractivity (Wildman–Crippen MR) is 139 cm³/mol. The maximum atomic E-state index is 13.7. The van der Waals surface area contributed by atoms with E-state index in [0.29, 0.717) is 36.5 Å². The second kappa shape index (κ2) is 10.7. The average molecular weight is 510 g/mol. The van der Waals surface area contributed by atoms with E-state index in [0.717, 1.165) is 16.7 Å². The van der Waals surface area contributed by atoms with Crippen molar-refractivity contribution in [2.45, 2.75) is 38.5 Å². The summed E-state index contributed by atoms with van der Waals surface area (Å²) in [6.07, 6.45) is 4.67. The molecule has 3 aromatic rings. The minimum absolute atomic E-state index is 0.0419. The van der Waals surface area contributed by atoms with Gasteiger partial charge in [0.1, 0.15) is 11.4 Å². The van der Waals surface area contributed by atoms with Crippen LogP contribution < -0.4 is 10.1 Å². The van der Waals surface area contributed by atoms with Crippen molar-refractivity contribution < 1.29 is 22.5 Å². The number of ether oxygens (including phenoxy) is 1. The quantitative estimate of drug-likeness (QED) is 0.490. The van der Waals surface area contributed by atoms with Gasteiger partial charge < -0.3 is 14.6 Å². The van der Waals surface area contributed by atoms with Gasteiger partial charge in [0.2, 0.25) is 15.9 Å². The van der Waals surface area contributed by atoms with E-state index >= 15 is 0 Å². The van der Waals surface area contributed by atoms with Gasteiger partial charge in [-0.05, 0) is 75.1 Å². The lowest BCUT2D eigenvalue weighted by Gasteiger charge is -2.31. The van der Waals surface area contributed by atoms with Crippen LogP contribution in [-0.2, 0) is 14.8 Å². The summed E-state index contributed by atoms with van der Waals surface area (Å²) >= 11 is 0. The van der Waals surface area contributed by atoms with E-state index in [9.17, 15) is 13.2 Å². The number of carbonyl (C=O) groups excluding carboxylic acids is 1. The number of aryl methyl sites for hydroxylation is 3. The number of benzene rings is 2. The first kappa shape index (κ1) is 25.7. The molecule has 1 saturated heterocycles. The van der Waals surface area contributed by atoms with Gasteiger partial charge in [0.15, 0.2) is 10.7 Å². The zero-order valence-electron chi connectivity index (χ0n) is 20.9. The molecule has 4 rings (SSSR count). The molecule has 0 spiro atoms. The number of aromatic nitrogens is 1. The summed E-state index contributed by atoms with van der Waals surface area (Å²) in [6.45, 7) is 6.04. The van der Waals surface area contributed by atoms with E-state index in [1.165, 1.54) is 4.31 Å². The van der Waals surface area contributed by atoms with Crippen LogP contribution in [0.5, 0.6) is 5.75 Å². The number of amides is 1. The number of nitrogens with one attached hydrogen (secondary N) is 1. The maximum Gasteiger partial charge on any atom is 0.248 e. The fourth-order valence-electron chi connectivity index (χ4n) is 4.33. The number of nitrogens with zero attached hydrogens (tertiary/aromatic N) is 2. The lowest BCUT2D eigenvalue weighted by molar-refractivity contribution is -0.120. The van der Waals surface area contributed by atoms with Crippen molar-refractivity contribution >= 4 is 33.8 Å². The Hall–Kier alpha value is -3.43. The van der Waals surface area contributed by atoms with Crippen LogP contribution in [0.2, 0.25) is 0 Å². The lowest BCUT2D eigenvalue weighted by atomic mass is 9.99. The van der Waals surface area contributed by atoms with E-state index in [1.54, 1.807) is 44.4 Å².